The van der Waals surface area contributed by atoms with Crippen LogP contribution in [-0.2, 0) is 0 Å². The Morgan fingerprint density at radius 2 is 1.89 bits per heavy atom. The highest BCUT2D eigenvalue weighted by atomic mass is 79.9. The van der Waals surface area contributed by atoms with E-state index in [2.05, 4.69) is 26.6 Å². The maximum absolute atomic E-state index is 12.3. The van der Waals surface area contributed by atoms with Gasteiger partial charge in [-0.2, -0.15) is 0 Å². The van der Waals surface area contributed by atoms with Crippen molar-refractivity contribution < 1.29 is 13.9 Å². The first-order valence-corrected chi connectivity index (χ1v) is 9.36. The molecule has 0 fully saturated rings. The third-order valence-electron chi connectivity index (χ3n) is 3.60. The van der Waals surface area contributed by atoms with Crippen molar-refractivity contribution in [1.29, 1.82) is 0 Å². The SMILES string of the molecule is COc1ccc(NC(=S)NC(=O)c2ccc(-c3ccc(Cl)cc3)o2)cc1Br. The van der Waals surface area contributed by atoms with E-state index in [4.69, 9.17) is 33.0 Å². The molecule has 5 nitrogen and oxygen atoms in total. The summed E-state index contributed by atoms with van der Waals surface area (Å²) in [5.74, 6) is 0.968. The lowest BCUT2D eigenvalue weighted by Gasteiger charge is -2.10. The number of carbonyl (C=O) groups excluding carboxylic acids is 1. The number of furan rings is 1. The van der Waals surface area contributed by atoms with Crippen LogP contribution >= 0.6 is 39.7 Å². The lowest BCUT2D eigenvalue weighted by Crippen LogP contribution is -2.33. The van der Waals surface area contributed by atoms with E-state index in [0.717, 1.165) is 10.0 Å². The summed E-state index contributed by atoms with van der Waals surface area (Å²) in [6.45, 7) is 0. The van der Waals surface area contributed by atoms with Crippen LogP contribution in [0.15, 0.2) is 63.5 Å². The Morgan fingerprint density at radius 3 is 2.56 bits per heavy atom. The number of nitrogens with one attached hydrogen (secondary N) is 2. The van der Waals surface area contributed by atoms with Gasteiger partial charge in [0.1, 0.15) is 11.5 Å². The Kier molecular flexibility index (Phi) is 6.15. The van der Waals surface area contributed by atoms with Crippen LogP contribution in [0.5, 0.6) is 5.75 Å². The van der Waals surface area contributed by atoms with Gasteiger partial charge in [-0.3, -0.25) is 10.1 Å². The molecule has 0 aliphatic carbocycles. The van der Waals surface area contributed by atoms with Crippen molar-refractivity contribution >= 4 is 56.5 Å². The predicted molar refractivity (Wildman–Crippen MR) is 114 cm³/mol. The Morgan fingerprint density at radius 1 is 1.15 bits per heavy atom. The van der Waals surface area contributed by atoms with Gasteiger partial charge >= 0.3 is 0 Å². The number of thiocarbonyl (C=S) groups is 1. The molecule has 0 spiro atoms. The molecule has 0 radical (unpaired) electrons. The molecule has 3 rings (SSSR count). The first kappa shape index (κ1) is 19.4. The van der Waals surface area contributed by atoms with Crippen LogP contribution in [-0.4, -0.2) is 18.1 Å². The van der Waals surface area contributed by atoms with Crippen LogP contribution in [0.3, 0.4) is 0 Å². The predicted octanol–water partition coefficient (Wildman–Crippen LogP) is 5.50. The fourth-order valence-corrected chi connectivity index (χ4v) is 3.18. The molecule has 0 atom stereocenters. The van der Waals surface area contributed by atoms with Crippen molar-refractivity contribution in [2.45, 2.75) is 0 Å². The van der Waals surface area contributed by atoms with Crippen molar-refractivity contribution in [3.8, 4) is 17.1 Å². The van der Waals surface area contributed by atoms with Gasteiger partial charge in [0.15, 0.2) is 10.9 Å². The standard InChI is InChI=1S/C19H14BrClN2O3S/c1-25-16-7-6-13(10-14(16)20)22-19(27)23-18(24)17-9-8-15(26-17)11-2-4-12(21)5-3-11/h2-10H,1H3,(H2,22,23,24,27). The van der Waals surface area contributed by atoms with Gasteiger partial charge in [0.2, 0.25) is 0 Å². The van der Waals surface area contributed by atoms with Crippen LogP contribution in [0, 0.1) is 0 Å². The summed E-state index contributed by atoms with van der Waals surface area (Å²) in [4.78, 5) is 12.3. The number of ether oxygens (including phenoxy) is 1. The van der Waals surface area contributed by atoms with Crippen molar-refractivity contribution in [1.82, 2.24) is 5.32 Å². The highest BCUT2D eigenvalue weighted by Crippen LogP contribution is 2.28. The molecule has 138 valence electrons. The molecule has 1 amide bonds. The Bertz CT molecular complexity index is 989. The van der Waals surface area contributed by atoms with E-state index in [1.54, 1.807) is 49.6 Å². The van der Waals surface area contributed by atoms with Crippen LogP contribution in [0.25, 0.3) is 11.3 Å². The maximum atomic E-state index is 12.3. The number of anilines is 1. The fourth-order valence-electron chi connectivity index (χ4n) is 2.30. The molecule has 27 heavy (non-hydrogen) atoms. The average Bonchev–Trinajstić information content (AvgIpc) is 3.12. The lowest BCUT2D eigenvalue weighted by atomic mass is 10.2. The van der Waals surface area contributed by atoms with E-state index in [0.29, 0.717) is 22.2 Å². The number of carbonyl (C=O) groups is 1. The first-order chi connectivity index (χ1) is 13.0. The number of hydrogen-bond acceptors (Lipinski definition) is 4. The fraction of sp³-hybridized carbons (Fsp3) is 0.0526. The summed E-state index contributed by atoms with van der Waals surface area (Å²) in [5, 5.41) is 6.31. The minimum atomic E-state index is -0.444. The van der Waals surface area contributed by atoms with Gasteiger partial charge < -0.3 is 14.5 Å². The molecule has 2 aromatic carbocycles. The number of rotatable bonds is 4. The van der Waals surface area contributed by atoms with E-state index in [9.17, 15) is 4.79 Å². The molecule has 0 saturated carbocycles. The molecule has 1 heterocycles. The van der Waals surface area contributed by atoms with Crippen LogP contribution in [0.2, 0.25) is 5.02 Å². The third-order valence-corrected chi connectivity index (χ3v) is 4.67. The zero-order valence-electron chi connectivity index (χ0n) is 14.1. The average molecular weight is 466 g/mol. The van der Waals surface area contributed by atoms with Gasteiger partial charge in [-0.1, -0.05) is 11.6 Å². The number of hydrogen-bond donors (Lipinski definition) is 2. The Balaban J connectivity index is 1.64. The van der Waals surface area contributed by atoms with Crippen molar-refractivity contribution in [2.24, 2.45) is 0 Å². The topological polar surface area (TPSA) is 63.5 Å². The molecular formula is C19H14BrClN2O3S. The molecule has 1 aromatic heterocycles. The van der Waals surface area contributed by atoms with Crippen LogP contribution in [0.1, 0.15) is 10.6 Å². The molecule has 2 N–H and O–H groups in total. The third kappa shape index (κ3) is 4.88. The lowest BCUT2D eigenvalue weighted by molar-refractivity contribution is 0.0951. The highest BCUT2D eigenvalue weighted by Gasteiger charge is 2.14. The maximum Gasteiger partial charge on any atom is 0.293 e. The minimum Gasteiger partial charge on any atom is -0.496 e. The number of methoxy groups -OCH3 is 1. The molecule has 0 unspecified atom stereocenters. The molecule has 0 aliphatic heterocycles. The second-order valence-corrected chi connectivity index (χ2v) is 7.13. The van der Waals surface area contributed by atoms with Crippen molar-refractivity contribution in [3.63, 3.8) is 0 Å². The zero-order chi connectivity index (χ0) is 19.4. The number of halogens is 2. The summed E-state index contributed by atoms with van der Waals surface area (Å²) in [6, 6.07) is 15.8. The molecule has 0 bridgehead atoms. The second-order valence-electron chi connectivity index (χ2n) is 5.43. The van der Waals surface area contributed by atoms with E-state index in [1.807, 2.05) is 12.1 Å². The molecule has 0 saturated heterocycles. The van der Waals surface area contributed by atoms with Crippen LogP contribution in [0.4, 0.5) is 5.69 Å². The minimum absolute atomic E-state index is 0.153. The summed E-state index contributed by atoms with van der Waals surface area (Å²) < 4.78 is 11.5. The van der Waals surface area contributed by atoms with Crippen molar-refractivity contribution in [3.05, 3.63) is 69.9 Å². The molecule has 3 aromatic rings. The number of amides is 1. The summed E-state index contributed by atoms with van der Waals surface area (Å²) in [5.41, 5.74) is 1.52. The van der Waals surface area contributed by atoms with Gasteiger partial charge in [-0.15, -0.1) is 0 Å². The smallest absolute Gasteiger partial charge is 0.293 e. The van der Waals surface area contributed by atoms with Gasteiger partial charge in [0, 0.05) is 16.3 Å². The van der Waals surface area contributed by atoms with E-state index >= 15 is 0 Å². The van der Waals surface area contributed by atoms with Crippen molar-refractivity contribution in [2.75, 3.05) is 12.4 Å². The van der Waals surface area contributed by atoms with E-state index in [1.165, 1.54) is 0 Å². The quantitative estimate of drug-likeness (QED) is 0.498. The normalized spacial score (nSPS) is 10.3. The first-order valence-electron chi connectivity index (χ1n) is 7.78. The van der Waals surface area contributed by atoms with Crippen LogP contribution < -0.4 is 15.4 Å². The molecule has 0 aliphatic rings. The van der Waals surface area contributed by atoms with E-state index in [-0.39, 0.29) is 10.9 Å². The number of benzene rings is 2. The van der Waals surface area contributed by atoms with Gasteiger partial charge in [-0.25, -0.2) is 0 Å². The summed E-state index contributed by atoms with van der Waals surface area (Å²) in [6.07, 6.45) is 0. The Labute approximate surface area is 174 Å². The summed E-state index contributed by atoms with van der Waals surface area (Å²) >= 11 is 14.5. The van der Waals surface area contributed by atoms with Gasteiger partial charge in [-0.05, 0) is 82.7 Å². The Hall–Kier alpha value is -2.35. The largest absolute Gasteiger partial charge is 0.496 e. The summed E-state index contributed by atoms with van der Waals surface area (Å²) in [7, 11) is 1.58. The zero-order valence-corrected chi connectivity index (χ0v) is 17.2. The van der Waals surface area contributed by atoms with Gasteiger partial charge in [0.25, 0.3) is 5.91 Å². The highest BCUT2D eigenvalue weighted by molar-refractivity contribution is 9.10. The molecule has 8 heteroatoms. The van der Waals surface area contributed by atoms with E-state index < -0.39 is 5.91 Å². The second kappa shape index (κ2) is 8.56. The van der Waals surface area contributed by atoms with Gasteiger partial charge in [0.05, 0.1) is 11.6 Å². The monoisotopic (exact) mass is 464 g/mol. The molecular weight excluding hydrogens is 452 g/mol.